The molecule has 222 valence electrons. The summed E-state index contributed by atoms with van der Waals surface area (Å²) in [6.45, 7) is 3.66. The van der Waals surface area contributed by atoms with Crippen molar-refractivity contribution in [2.75, 3.05) is 57.9 Å². The lowest BCUT2D eigenvalue weighted by Crippen LogP contribution is -2.52. The Bertz CT molecular complexity index is 1610. The van der Waals surface area contributed by atoms with E-state index in [1.54, 1.807) is 15.5 Å². The van der Waals surface area contributed by atoms with Crippen LogP contribution < -0.4 is 15.8 Å². The number of hydrogen-bond acceptors (Lipinski definition) is 9. The van der Waals surface area contributed by atoms with Crippen LogP contribution in [0.4, 0.5) is 10.1 Å². The first kappa shape index (κ1) is 28.9. The number of carbonyl (C=O) groups excluding carboxylic acids is 3. The minimum absolute atomic E-state index is 0.134. The Morgan fingerprint density at radius 1 is 1.14 bits per heavy atom. The monoisotopic (exact) mass is 581 g/mol. The predicted octanol–water partition coefficient (Wildman–Crippen LogP) is 0.648. The number of fused-ring (bicyclic) bond motifs is 1. The highest BCUT2D eigenvalue weighted by molar-refractivity contribution is 5.96. The summed E-state index contributed by atoms with van der Waals surface area (Å²) in [7, 11) is 1.30. The average molecular weight is 582 g/mol. The molecule has 0 spiro atoms. The Kier molecular flexibility index (Phi) is 8.61. The van der Waals surface area contributed by atoms with E-state index in [0.717, 1.165) is 5.57 Å². The van der Waals surface area contributed by atoms with Gasteiger partial charge in [-0.05, 0) is 30.5 Å². The van der Waals surface area contributed by atoms with Crippen molar-refractivity contribution in [1.82, 2.24) is 29.4 Å². The van der Waals surface area contributed by atoms with Crippen LogP contribution in [0.2, 0.25) is 0 Å². The Morgan fingerprint density at radius 2 is 1.90 bits per heavy atom. The topological polar surface area (TPSA) is 140 Å². The summed E-state index contributed by atoms with van der Waals surface area (Å²) in [6.07, 6.45) is 2.91. The number of anilines is 1. The lowest BCUT2D eigenvalue weighted by Gasteiger charge is -2.36. The van der Waals surface area contributed by atoms with E-state index in [9.17, 15) is 23.6 Å². The number of methoxy groups -OCH3 is 1. The van der Waals surface area contributed by atoms with Crippen molar-refractivity contribution in [1.29, 1.82) is 0 Å². The lowest BCUT2D eigenvalue weighted by molar-refractivity contribution is -0.141. The van der Waals surface area contributed by atoms with Crippen LogP contribution in [-0.2, 0) is 32.0 Å². The SMILES string of the molecule is CCc1c(N2CCN(C(=O)CNC(=O)c3ccccc3F)CC2)c(=O)n2nc(C3=CCOCC3)nc2n1CC(=O)OC. The molecule has 0 aliphatic carbocycles. The van der Waals surface area contributed by atoms with Gasteiger partial charge in [-0.25, -0.2) is 4.39 Å². The fraction of sp³-hybridized carbons (Fsp3) is 0.429. The van der Waals surface area contributed by atoms with E-state index in [4.69, 9.17) is 9.47 Å². The first-order valence-electron chi connectivity index (χ1n) is 13.7. The Labute approximate surface area is 240 Å². The minimum Gasteiger partial charge on any atom is -0.468 e. The van der Waals surface area contributed by atoms with Crippen molar-refractivity contribution < 1.29 is 28.2 Å². The second-order valence-electron chi connectivity index (χ2n) is 9.85. The molecule has 1 aromatic carbocycles. The third-order valence-electron chi connectivity index (χ3n) is 7.39. The predicted molar refractivity (Wildman–Crippen MR) is 150 cm³/mol. The van der Waals surface area contributed by atoms with Crippen molar-refractivity contribution in [3.8, 4) is 0 Å². The maximum atomic E-state index is 13.9. The van der Waals surface area contributed by atoms with Crippen LogP contribution in [-0.4, -0.2) is 94.9 Å². The van der Waals surface area contributed by atoms with Gasteiger partial charge >= 0.3 is 5.97 Å². The molecule has 1 fully saturated rings. The number of esters is 1. The molecule has 2 aromatic heterocycles. The van der Waals surface area contributed by atoms with Gasteiger partial charge in [-0.1, -0.05) is 25.1 Å². The number of benzene rings is 1. The molecule has 5 rings (SSSR count). The zero-order valence-corrected chi connectivity index (χ0v) is 23.5. The Balaban J connectivity index is 1.38. The third-order valence-corrected chi connectivity index (χ3v) is 7.39. The molecule has 2 aliphatic rings. The number of carbonyl (C=O) groups is 3. The van der Waals surface area contributed by atoms with Crippen molar-refractivity contribution >= 4 is 34.8 Å². The number of rotatable bonds is 8. The van der Waals surface area contributed by atoms with Crippen LogP contribution in [0.25, 0.3) is 11.4 Å². The van der Waals surface area contributed by atoms with Gasteiger partial charge in [0.2, 0.25) is 11.7 Å². The van der Waals surface area contributed by atoms with E-state index >= 15 is 0 Å². The zero-order chi connectivity index (χ0) is 29.8. The van der Waals surface area contributed by atoms with Crippen molar-refractivity contribution in [3.63, 3.8) is 0 Å². The number of aromatic nitrogens is 4. The van der Waals surface area contributed by atoms with Gasteiger partial charge in [0.1, 0.15) is 18.0 Å². The number of amides is 2. The normalized spacial score (nSPS) is 15.5. The number of ether oxygens (including phenoxy) is 2. The van der Waals surface area contributed by atoms with Gasteiger partial charge < -0.3 is 29.2 Å². The van der Waals surface area contributed by atoms with E-state index in [1.165, 1.54) is 29.8 Å². The summed E-state index contributed by atoms with van der Waals surface area (Å²) in [5, 5.41) is 6.99. The maximum Gasteiger partial charge on any atom is 0.325 e. The van der Waals surface area contributed by atoms with Crippen molar-refractivity contribution in [2.45, 2.75) is 26.3 Å². The number of piperazine rings is 1. The van der Waals surface area contributed by atoms with Gasteiger partial charge in [0.05, 0.1) is 38.1 Å². The smallest absolute Gasteiger partial charge is 0.325 e. The molecule has 1 N–H and O–H groups in total. The average Bonchev–Trinajstić information content (AvgIpc) is 3.48. The Hall–Kier alpha value is -4.59. The quantitative estimate of drug-likeness (QED) is 0.380. The third kappa shape index (κ3) is 5.75. The molecule has 3 aromatic rings. The molecule has 2 amide bonds. The number of nitrogens with one attached hydrogen (secondary N) is 1. The molecule has 0 unspecified atom stereocenters. The number of nitrogens with zero attached hydrogens (tertiary/aromatic N) is 6. The Morgan fingerprint density at radius 3 is 2.57 bits per heavy atom. The summed E-state index contributed by atoms with van der Waals surface area (Å²) in [4.78, 5) is 59.5. The number of halogens is 1. The highest BCUT2D eigenvalue weighted by Crippen LogP contribution is 2.24. The highest BCUT2D eigenvalue weighted by atomic mass is 19.1. The van der Waals surface area contributed by atoms with Crippen molar-refractivity contribution in [3.05, 3.63) is 63.6 Å². The van der Waals surface area contributed by atoms with Crippen LogP contribution in [0, 0.1) is 5.82 Å². The van der Waals surface area contributed by atoms with E-state index < -0.39 is 17.7 Å². The number of hydrogen-bond donors (Lipinski definition) is 1. The fourth-order valence-corrected chi connectivity index (χ4v) is 5.18. The molecule has 0 saturated carbocycles. The largest absolute Gasteiger partial charge is 0.468 e. The molecule has 1 saturated heterocycles. The molecular formula is C28H32FN7O6. The highest BCUT2D eigenvalue weighted by Gasteiger charge is 2.29. The molecule has 2 aliphatic heterocycles. The first-order valence-corrected chi connectivity index (χ1v) is 13.7. The first-order chi connectivity index (χ1) is 20.3. The standard InChI is InChI=1S/C28H32FN7O6/c1-3-21-24(34-12-10-33(11-13-34)22(37)16-30-26(39)19-6-4-5-7-20(19)29)27(40)36-28(35(21)17-23(38)41-2)31-25(32-36)18-8-14-42-15-9-18/h4-8H,3,9-17H2,1-2H3,(H,30,39). The lowest BCUT2D eigenvalue weighted by atomic mass is 10.1. The van der Waals surface area contributed by atoms with Crippen LogP contribution in [0.5, 0.6) is 0 Å². The zero-order valence-electron chi connectivity index (χ0n) is 23.5. The molecule has 0 atom stereocenters. The van der Waals surface area contributed by atoms with Gasteiger partial charge in [-0.15, -0.1) is 5.10 Å². The summed E-state index contributed by atoms with van der Waals surface area (Å²) in [6, 6.07) is 5.55. The van der Waals surface area contributed by atoms with Crippen LogP contribution in [0.1, 0.15) is 35.2 Å². The summed E-state index contributed by atoms with van der Waals surface area (Å²) in [5.74, 6) is -1.51. The summed E-state index contributed by atoms with van der Waals surface area (Å²) < 4.78 is 27.1. The second kappa shape index (κ2) is 12.5. The second-order valence-corrected chi connectivity index (χ2v) is 9.85. The van der Waals surface area contributed by atoms with Gasteiger partial charge in [-0.2, -0.15) is 9.50 Å². The van der Waals surface area contributed by atoms with Crippen LogP contribution >= 0.6 is 0 Å². The molecule has 0 bridgehead atoms. The van der Waals surface area contributed by atoms with Crippen molar-refractivity contribution in [2.24, 2.45) is 0 Å². The summed E-state index contributed by atoms with van der Waals surface area (Å²) in [5.41, 5.74) is 1.35. The van der Waals surface area contributed by atoms with E-state index in [0.29, 0.717) is 69.4 Å². The molecule has 0 radical (unpaired) electrons. The minimum atomic E-state index is -0.671. The van der Waals surface area contributed by atoms with Crippen LogP contribution in [0.15, 0.2) is 35.1 Å². The molecular weight excluding hydrogens is 549 g/mol. The molecule has 13 nitrogen and oxygen atoms in total. The fourth-order valence-electron chi connectivity index (χ4n) is 5.18. The summed E-state index contributed by atoms with van der Waals surface area (Å²) >= 11 is 0. The van der Waals surface area contributed by atoms with Gasteiger partial charge in [0.25, 0.3) is 11.5 Å². The maximum absolute atomic E-state index is 13.9. The molecule has 14 heteroatoms. The van der Waals surface area contributed by atoms with Crippen LogP contribution in [0.3, 0.4) is 0 Å². The van der Waals surface area contributed by atoms with Gasteiger partial charge in [-0.3, -0.25) is 19.2 Å². The van der Waals surface area contributed by atoms with Gasteiger partial charge in [0.15, 0.2) is 5.82 Å². The molecule has 42 heavy (non-hydrogen) atoms. The molecule has 4 heterocycles. The van der Waals surface area contributed by atoms with Gasteiger partial charge in [0, 0.05) is 26.2 Å². The van der Waals surface area contributed by atoms with E-state index in [2.05, 4.69) is 15.4 Å². The van der Waals surface area contributed by atoms with E-state index in [-0.39, 0.29) is 35.9 Å². The van der Waals surface area contributed by atoms with E-state index in [1.807, 2.05) is 17.9 Å².